The van der Waals surface area contributed by atoms with E-state index in [2.05, 4.69) is 47.3 Å². The van der Waals surface area contributed by atoms with Crippen molar-refractivity contribution in [3.8, 4) is 0 Å². The normalized spacial score (nSPS) is 11.1. The molecule has 0 fully saturated rings. The molecule has 0 saturated heterocycles. The molecule has 0 atom stereocenters. The second kappa shape index (κ2) is 6.01. The highest BCUT2D eigenvalue weighted by Crippen LogP contribution is 2.26. The average Bonchev–Trinajstić information content (AvgIpc) is 2.85. The van der Waals surface area contributed by atoms with Gasteiger partial charge in [-0.3, -0.25) is 0 Å². The Kier molecular flexibility index (Phi) is 4.08. The molecule has 4 heteroatoms. The highest BCUT2D eigenvalue weighted by molar-refractivity contribution is 6.30. The van der Waals surface area contributed by atoms with E-state index in [0.29, 0.717) is 5.15 Å². The van der Waals surface area contributed by atoms with Crippen LogP contribution >= 0.6 is 11.6 Å². The van der Waals surface area contributed by atoms with Crippen molar-refractivity contribution in [3.05, 3.63) is 57.9 Å². The Hall–Kier alpha value is -2.00. The molecule has 3 rings (SSSR count). The summed E-state index contributed by atoms with van der Waals surface area (Å²) in [6.07, 6.45) is 1.03. The van der Waals surface area contributed by atoms with Gasteiger partial charge in [0.25, 0.3) is 0 Å². The van der Waals surface area contributed by atoms with Gasteiger partial charge in [-0.2, -0.15) is 0 Å². The van der Waals surface area contributed by atoms with E-state index < -0.39 is 0 Å². The third kappa shape index (κ3) is 2.81. The minimum atomic E-state index is 0.509. The van der Waals surface area contributed by atoms with E-state index in [1.807, 2.05) is 19.1 Å². The van der Waals surface area contributed by atoms with Crippen molar-refractivity contribution in [1.82, 2.24) is 9.97 Å². The standard InChI is InChI=1S/C18H20ClN3/c1-4-13-7-5-6-11(2)14(13)10-20-15-9-17(19)22-16-8-12(3)21-18(15)16/h5-9,21H,4,10H2,1-3H3,(H,20,22). The molecule has 0 unspecified atom stereocenters. The first-order chi connectivity index (χ1) is 10.6. The molecule has 0 spiro atoms. The van der Waals surface area contributed by atoms with E-state index in [-0.39, 0.29) is 0 Å². The predicted octanol–water partition coefficient (Wildman–Crippen LogP) is 5.01. The topological polar surface area (TPSA) is 40.7 Å². The Bertz CT molecular complexity index is 821. The first kappa shape index (κ1) is 14.9. The molecule has 0 aliphatic rings. The highest BCUT2D eigenvalue weighted by Gasteiger charge is 2.09. The van der Waals surface area contributed by atoms with Crippen LogP contribution in [0.25, 0.3) is 11.0 Å². The number of benzene rings is 1. The molecule has 114 valence electrons. The van der Waals surface area contributed by atoms with Crippen LogP contribution in [0.15, 0.2) is 30.3 Å². The summed E-state index contributed by atoms with van der Waals surface area (Å²) in [5.74, 6) is 0. The van der Waals surface area contributed by atoms with Crippen molar-refractivity contribution < 1.29 is 0 Å². The van der Waals surface area contributed by atoms with E-state index in [9.17, 15) is 0 Å². The molecule has 0 saturated carbocycles. The number of H-pyrrole nitrogens is 1. The van der Waals surface area contributed by atoms with Crippen molar-refractivity contribution in [2.24, 2.45) is 0 Å². The minimum absolute atomic E-state index is 0.509. The number of rotatable bonds is 4. The van der Waals surface area contributed by atoms with Gasteiger partial charge < -0.3 is 10.3 Å². The fourth-order valence-electron chi connectivity index (χ4n) is 2.88. The Labute approximate surface area is 135 Å². The fraction of sp³-hybridized carbons (Fsp3) is 0.278. The van der Waals surface area contributed by atoms with Gasteiger partial charge in [0, 0.05) is 18.3 Å². The van der Waals surface area contributed by atoms with Crippen molar-refractivity contribution in [1.29, 1.82) is 0 Å². The number of fused-ring (bicyclic) bond motifs is 1. The van der Waals surface area contributed by atoms with Crippen LogP contribution in [0.3, 0.4) is 0 Å². The number of nitrogens with zero attached hydrogens (tertiary/aromatic N) is 1. The van der Waals surface area contributed by atoms with Gasteiger partial charge in [0.15, 0.2) is 0 Å². The van der Waals surface area contributed by atoms with E-state index >= 15 is 0 Å². The van der Waals surface area contributed by atoms with Crippen LogP contribution < -0.4 is 5.32 Å². The Balaban J connectivity index is 1.95. The summed E-state index contributed by atoms with van der Waals surface area (Å²) in [6, 6.07) is 10.4. The lowest BCUT2D eigenvalue weighted by Gasteiger charge is -2.14. The van der Waals surface area contributed by atoms with Crippen LogP contribution in [0.5, 0.6) is 0 Å². The van der Waals surface area contributed by atoms with E-state index in [1.54, 1.807) is 0 Å². The molecule has 3 nitrogen and oxygen atoms in total. The van der Waals surface area contributed by atoms with Gasteiger partial charge in [-0.1, -0.05) is 36.7 Å². The van der Waals surface area contributed by atoms with Crippen LogP contribution in [-0.4, -0.2) is 9.97 Å². The summed E-state index contributed by atoms with van der Waals surface area (Å²) >= 11 is 6.14. The molecule has 0 aliphatic heterocycles. The van der Waals surface area contributed by atoms with Crippen LogP contribution in [0.1, 0.15) is 29.3 Å². The molecular formula is C18H20ClN3. The predicted molar refractivity (Wildman–Crippen MR) is 93.7 cm³/mol. The number of pyridine rings is 1. The maximum absolute atomic E-state index is 6.14. The van der Waals surface area contributed by atoms with Crippen LogP contribution in [0, 0.1) is 13.8 Å². The van der Waals surface area contributed by atoms with Crippen LogP contribution in [-0.2, 0) is 13.0 Å². The average molecular weight is 314 g/mol. The van der Waals surface area contributed by atoms with Gasteiger partial charge in [-0.15, -0.1) is 0 Å². The number of aromatic amines is 1. The molecule has 2 heterocycles. The Morgan fingerprint density at radius 2 is 2.05 bits per heavy atom. The van der Waals surface area contributed by atoms with Gasteiger partial charge >= 0.3 is 0 Å². The molecular weight excluding hydrogens is 294 g/mol. The van der Waals surface area contributed by atoms with Crippen molar-refractivity contribution in [2.75, 3.05) is 5.32 Å². The molecule has 0 aliphatic carbocycles. The number of aromatic nitrogens is 2. The quantitative estimate of drug-likeness (QED) is 0.665. The number of hydrogen-bond acceptors (Lipinski definition) is 2. The molecule has 2 N–H and O–H groups in total. The second-order valence-corrected chi connectivity index (χ2v) is 6.01. The zero-order valence-corrected chi connectivity index (χ0v) is 13.9. The van der Waals surface area contributed by atoms with E-state index in [0.717, 1.165) is 35.4 Å². The summed E-state index contributed by atoms with van der Waals surface area (Å²) < 4.78 is 0. The third-order valence-electron chi connectivity index (χ3n) is 4.04. The number of halogens is 1. The molecule has 3 aromatic rings. The van der Waals surface area contributed by atoms with Gasteiger partial charge in [0.2, 0.25) is 0 Å². The zero-order chi connectivity index (χ0) is 15.7. The summed E-state index contributed by atoms with van der Waals surface area (Å²) in [5, 5.41) is 4.03. The van der Waals surface area contributed by atoms with Gasteiger partial charge in [-0.25, -0.2) is 4.98 Å². The molecule has 2 aromatic heterocycles. The SMILES string of the molecule is CCc1cccc(C)c1CNc1cc(Cl)nc2cc(C)[nH]c12. The Morgan fingerprint density at radius 3 is 2.82 bits per heavy atom. The van der Waals surface area contributed by atoms with Gasteiger partial charge in [0.1, 0.15) is 5.15 Å². The molecule has 0 radical (unpaired) electrons. The molecule has 22 heavy (non-hydrogen) atoms. The highest BCUT2D eigenvalue weighted by atomic mass is 35.5. The fourth-order valence-corrected chi connectivity index (χ4v) is 3.08. The first-order valence-corrected chi connectivity index (χ1v) is 7.93. The Morgan fingerprint density at radius 1 is 1.23 bits per heavy atom. The first-order valence-electron chi connectivity index (χ1n) is 7.55. The lowest BCUT2D eigenvalue weighted by atomic mass is 10.00. The van der Waals surface area contributed by atoms with Crippen molar-refractivity contribution >= 4 is 28.3 Å². The van der Waals surface area contributed by atoms with Crippen molar-refractivity contribution in [2.45, 2.75) is 33.7 Å². The van der Waals surface area contributed by atoms with Gasteiger partial charge in [0.05, 0.1) is 16.7 Å². The molecule has 0 bridgehead atoms. The summed E-state index contributed by atoms with van der Waals surface area (Å²) in [5.41, 5.74) is 8.03. The number of anilines is 1. The summed E-state index contributed by atoms with van der Waals surface area (Å²) in [6.45, 7) is 7.15. The van der Waals surface area contributed by atoms with Gasteiger partial charge in [-0.05, 0) is 43.0 Å². The smallest absolute Gasteiger partial charge is 0.131 e. The monoisotopic (exact) mass is 313 g/mol. The van der Waals surface area contributed by atoms with Crippen molar-refractivity contribution in [3.63, 3.8) is 0 Å². The lowest BCUT2D eigenvalue weighted by molar-refractivity contribution is 1.03. The van der Waals surface area contributed by atoms with Crippen LogP contribution in [0.4, 0.5) is 5.69 Å². The molecule has 0 amide bonds. The zero-order valence-electron chi connectivity index (χ0n) is 13.1. The largest absolute Gasteiger partial charge is 0.379 e. The maximum atomic E-state index is 6.14. The number of nitrogens with one attached hydrogen (secondary N) is 2. The summed E-state index contributed by atoms with van der Waals surface area (Å²) in [7, 11) is 0. The molecule has 1 aromatic carbocycles. The third-order valence-corrected chi connectivity index (χ3v) is 4.23. The lowest BCUT2D eigenvalue weighted by Crippen LogP contribution is -2.05. The number of aryl methyl sites for hydroxylation is 3. The number of hydrogen-bond donors (Lipinski definition) is 2. The second-order valence-electron chi connectivity index (χ2n) is 5.62. The minimum Gasteiger partial charge on any atom is -0.379 e. The van der Waals surface area contributed by atoms with Crippen LogP contribution in [0.2, 0.25) is 5.15 Å². The summed E-state index contributed by atoms with van der Waals surface area (Å²) in [4.78, 5) is 7.71. The maximum Gasteiger partial charge on any atom is 0.131 e. The van der Waals surface area contributed by atoms with E-state index in [1.165, 1.54) is 16.7 Å². The van der Waals surface area contributed by atoms with E-state index in [4.69, 9.17) is 11.6 Å².